The van der Waals surface area contributed by atoms with Crippen LogP contribution >= 0.6 is 0 Å². The number of piperidine rings is 1. The lowest BCUT2D eigenvalue weighted by atomic mass is 9.68. The molecule has 2 aromatic rings. The van der Waals surface area contributed by atoms with Crippen LogP contribution in [0.3, 0.4) is 0 Å². The number of ether oxygens (including phenoxy) is 1. The molecule has 1 N–H and O–H groups in total. The number of rotatable bonds is 8. The van der Waals surface area contributed by atoms with Gasteiger partial charge in [-0.2, -0.15) is 0 Å². The van der Waals surface area contributed by atoms with E-state index < -0.39 is 0 Å². The minimum absolute atomic E-state index is 0.0842. The molecule has 1 saturated carbocycles. The first kappa shape index (κ1) is 19.0. The molecule has 3 heteroatoms. The largest absolute Gasteiger partial charge is 0.508 e. The highest BCUT2D eigenvalue weighted by atomic mass is 16.5. The third-order valence-corrected chi connectivity index (χ3v) is 7.33. The van der Waals surface area contributed by atoms with Gasteiger partial charge in [0, 0.05) is 24.1 Å². The quantitative estimate of drug-likeness (QED) is 0.619. The van der Waals surface area contributed by atoms with Crippen molar-refractivity contribution in [2.75, 3.05) is 19.6 Å². The molecular weight excluding hydrogens is 358 g/mol. The van der Waals surface area contributed by atoms with E-state index in [2.05, 4.69) is 35.2 Å². The lowest BCUT2D eigenvalue weighted by Gasteiger charge is -2.43. The molecule has 2 fully saturated rings. The Morgan fingerprint density at radius 2 is 1.90 bits per heavy atom. The van der Waals surface area contributed by atoms with Crippen LogP contribution in [0.2, 0.25) is 0 Å². The lowest BCUT2D eigenvalue weighted by Crippen LogP contribution is -2.53. The number of aromatic hydroxyl groups is 1. The molecule has 0 bridgehead atoms. The summed E-state index contributed by atoms with van der Waals surface area (Å²) < 4.78 is 6.48. The molecule has 29 heavy (non-hydrogen) atoms. The number of phenolic OH excluding ortho intramolecular Hbond substituents is 1. The molecular formula is C26H33NO2. The highest BCUT2D eigenvalue weighted by molar-refractivity contribution is 5.49. The van der Waals surface area contributed by atoms with Crippen molar-refractivity contribution < 1.29 is 9.84 Å². The maximum absolute atomic E-state index is 10.2. The molecule has 2 aliphatic heterocycles. The monoisotopic (exact) mass is 391 g/mol. The minimum atomic E-state index is 0.0842. The second kappa shape index (κ2) is 8.02. The second-order valence-electron chi connectivity index (χ2n) is 9.44. The zero-order valence-electron chi connectivity index (χ0n) is 17.4. The molecule has 154 valence electrons. The Kier molecular flexibility index (Phi) is 5.26. The van der Waals surface area contributed by atoms with Crippen LogP contribution in [0.5, 0.6) is 11.5 Å². The maximum atomic E-state index is 10.2. The van der Waals surface area contributed by atoms with E-state index in [1.165, 1.54) is 62.6 Å². The van der Waals surface area contributed by atoms with E-state index in [1.54, 1.807) is 6.07 Å². The average molecular weight is 392 g/mol. The fraction of sp³-hybridized carbons (Fsp3) is 0.538. The number of hydrogen-bond acceptors (Lipinski definition) is 3. The van der Waals surface area contributed by atoms with Gasteiger partial charge in [-0.05, 0) is 74.8 Å². The standard InChI is InChI=1S/C26H33NO2/c28-22-12-13-24-23(17-22)26(14-6-2-5-9-20-7-3-1-4-8-20)15-16-27(18-21-10-11-21)19-25(26)29-24/h1,3-4,7-8,12-13,17,21,25,28H,2,5-6,9-11,14-16,18-19H2/t25-,26-/m0/s1. The Balaban J connectivity index is 1.25. The van der Waals surface area contributed by atoms with Gasteiger partial charge in [-0.15, -0.1) is 0 Å². The summed E-state index contributed by atoms with van der Waals surface area (Å²) >= 11 is 0. The van der Waals surface area contributed by atoms with Crippen molar-refractivity contribution >= 4 is 0 Å². The number of likely N-dealkylation sites (tertiary alicyclic amines) is 1. The highest BCUT2D eigenvalue weighted by Gasteiger charge is 2.51. The number of phenols is 1. The zero-order chi connectivity index (χ0) is 19.7. The predicted octanol–water partition coefficient (Wildman–Crippen LogP) is 5.31. The second-order valence-corrected chi connectivity index (χ2v) is 9.44. The van der Waals surface area contributed by atoms with E-state index in [0.717, 1.165) is 31.2 Å². The lowest BCUT2D eigenvalue weighted by molar-refractivity contribution is 0.0349. The molecule has 2 aromatic carbocycles. The Labute approximate surface area is 174 Å². The van der Waals surface area contributed by atoms with Crippen LogP contribution in [0.1, 0.15) is 56.1 Å². The van der Waals surface area contributed by atoms with Crippen molar-refractivity contribution in [3.63, 3.8) is 0 Å². The van der Waals surface area contributed by atoms with Crippen molar-refractivity contribution in [2.45, 2.75) is 62.9 Å². The van der Waals surface area contributed by atoms with Gasteiger partial charge in [0.05, 0.1) is 0 Å². The van der Waals surface area contributed by atoms with E-state index >= 15 is 0 Å². The molecule has 2 atom stereocenters. The Morgan fingerprint density at radius 3 is 2.72 bits per heavy atom. The molecule has 0 amide bonds. The van der Waals surface area contributed by atoms with E-state index in [1.807, 2.05) is 12.1 Å². The van der Waals surface area contributed by atoms with Crippen molar-refractivity contribution in [1.82, 2.24) is 4.90 Å². The van der Waals surface area contributed by atoms with Gasteiger partial charge in [-0.1, -0.05) is 43.2 Å². The van der Waals surface area contributed by atoms with Gasteiger partial charge in [-0.25, -0.2) is 0 Å². The van der Waals surface area contributed by atoms with Crippen LogP contribution in [0, 0.1) is 5.92 Å². The van der Waals surface area contributed by atoms with Gasteiger partial charge < -0.3 is 9.84 Å². The van der Waals surface area contributed by atoms with Gasteiger partial charge >= 0.3 is 0 Å². The summed E-state index contributed by atoms with van der Waals surface area (Å²) in [5, 5.41) is 10.2. The van der Waals surface area contributed by atoms with Crippen molar-refractivity contribution in [3.05, 3.63) is 59.7 Å². The third-order valence-electron chi connectivity index (χ3n) is 7.33. The number of unbranched alkanes of at least 4 members (excludes halogenated alkanes) is 2. The van der Waals surface area contributed by atoms with Crippen LogP contribution in [0.25, 0.3) is 0 Å². The molecule has 3 aliphatic rings. The molecule has 0 radical (unpaired) electrons. The van der Waals surface area contributed by atoms with Crippen molar-refractivity contribution in [1.29, 1.82) is 0 Å². The maximum Gasteiger partial charge on any atom is 0.124 e. The van der Waals surface area contributed by atoms with Crippen LogP contribution in [-0.2, 0) is 11.8 Å². The molecule has 0 aromatic heterocycles. The van der Waals surface area contributed by atoms with Gasteiger partial charge in [-0.3, -0.25) is 4.90 Å². The number of benzene rings is 2. The summed E-state index contributed by atoms with van der Waals surface area (Å²) in [4.78, 5) is 2.63. The number of nitrogens with zero attached hydrogens (tertiary/aromatic N) is 1. The normalized spacial score (nSPS) is 26.0. The van der Waals surface area contributed by atoms with Crippen molar-refractivity contribution in [2.24, 2.45) is 5.92 Å². The van der Waals surface area contributed by atoms with Crippen LogP contribution in [-0.4, -0.2) is 35.7 Å². The minimum Gasteiger partial charge on any atom is -0.508 e. The molecule has 0 unspecified atom stereocenters. The smallest absolute Gasteiger partial charge is 0.124 e. The zero-order valence-corrected chi connectivity index (χ0v) is 17.4. The van der Waals surface area contributed by atoms with Crippen molar-refractivity contribution in [3.8, 4) is 11.5 Å². The van der Waals surface area contributed by atoms with E-state index in [0.29, 0.717) is 5.75 Å². The summed E-state index contributed by atoms with van der Waals surface area (Å²) in [5.74, 6) is 2.30. The first-order valence-electron chi connectivity index (χ1n) is 11.5. The third kappa shape index (κ3) is 4.02. The summed E-state index contributed by atoms with van der Waals surface area (Å²) in [6.07, 6.45) is 10.3. The Bertz CT molecular complexity index is 832. The Morgan fingerprint density at radius 1 is 1.03 bits per heavy atom. The first-order valence-corrected chi connectivity index (χ1v) is 11.5. The predicted molar refractivity (Wildman–Crippen MR) is 117 cm³/mol. The molecule has 1 aliphatic carbocycles. The first-order chi connectivity index (χ1) is 14.2. The SMILES string of the molecule is Oc1ccc2c(c1)[C@]1(CCCCCc3ccccc3)CCN(CC3CC3)C[C@@H]1O2. The van der Waals surface area contributed by atoms with Gasteiger partial charge in [0.25, 0.3) is 0 Å². The summed E-state index contributed by atoms with van der Waals surface area (Å²) in [7, 11) is 0. The van der Waals surface area contributed by atoms with Crippen LogP contribution in [0.15, 0.2) is 48.5 Å². The average Bonchev–Trinajstić information content (AvgIpc) is 3.50. The summed E-state index contributed by atoms with van der Waals surface area (Å²) in [6, 6.07) is 16.5. The van der Waals surface area contributed by atoms with Gasteiger partial charge in [0.15, 0.2) is 0 Å². The van der Waals surface area contributed by atoms with Crippen LogP contribution < -0.4 is 4.74 Å². The fourth-order valence-corrected chi connectivity index (χ4v) is 5.48. The van der Waals surface area contributed by atoms with E-state index in [-0.39, 0.29) is 11.5 Å². The molecule has 1 saturated heterocycles. The van der Waals surface area contributed by atoms with Gasteiger partial charge in [0.1, 0.15) is 17.6 Å². The molecule has 2 heterocycles. The number of aryl methyl sites for hydroxylation is 1. The summed E-state index contributed by atoms with van der Waals surface area (Å²) in [6.45, 7) is 3.44. The Hall–Kier alpha value is -2.00. The van der Waals surface area contributed by atoms with Gasteiger partial charge in [0.2, 0.25) is 0 Å². The number of fused-ring (bicyclic) bond motifs is 3. The van der Waals surface area contributed by atoms with E-state index in [9.17, 15) is 5.11 Å². The topological polar surface area (TPSA) is 32.7 Å². The van der Waals surface area contributed by atoms with E-state index in [4.69, 9.17) is 4.74 Å². The molecule has 5 rings (SSSR count). The molecule has 3 nitrogen and oxygen atoms in total. The number of hydrogen-bond donors (Lipinski definition) is 1. The van der Waals surface area contributed by atoms with Crippen LogP contribution in [0.4, 0.5) is 0 Å². The summed E-state index contributed by atoms with van der Waals surface area (Å²) in [5.41, 5.74) is 2.79. The highest BCUT2D eigenvalue weighted by Crippen LogP contribution is 2.51. The molecule has 0 spiro atoms. The fourth-order valence-electron chi connectivity index (χ4n) is 5.48.